The Morgan fingerprint density at radius 1 is 1.10 bits per heavy atom. The fraction of sp³-hybridized carbons (Fsp3) is 0.190. The van der Waals surface area contributed by atoms with E-state index in [4.69, 9.17) is 4.99 Å². The van der Waals surface area contributed by atoms with E-state index < -0.39 is 0 Å². The minimum Gasteiger partial charge on any atom is -0.311 e. The summed E-state index contributed by atoms with van der Waals surface area (Å²) in [6.45, 7) is 2.31. The molecule has 8 heteroatoms. The van der Waals surface area contributed by atoms with Gasteiger partial charge < -0.3 is 5.32 Å². The Morgan fingerprint density at radius 2 is 1.86 bits per heavy atom. The smallest absolute Gasteiger partial charge is 0.159 e. The van der Waals surface area contributed by atoms with Crippen LogP contribution in [0.3, 0.4) is 0 Å². The van der Waals surface area contributed by atoms with Crippen molar-refractivity contribution in [1.29, 1.82) is 10.5 Å². The fourth-order valence-electron chi connectivity index (χ4n) is 3.40. The first kappa shape index (κ1) is 19.0. The van der Waals surface area contributed by atoms with Gasteiger partial charge in [-0.2, -0.15) is 10.5 Å². The Morgan fingerprint density at radius 3 is 2.52 bits per heavy atom. The SMILES string of the molecule is CNC(C)c1nnc2n1-c1ccc(C#N)c(C#N)c1C(c1ccc(Br)cc1)=NC2. The van der Waals surface area contributed by atoms with Crippen molar-refractivity contribution in [2.24, 2.45) is 4.99 Å². The van der Waals surface area contributed by atoms with Gasteiger partial charge in [-0.05, 0) is 38.2 Å². The molecule has 0 amide bonds. The van der Waals surface area contributed by atoms with Crippen LogP contribution >= 0.6 is 15.9 Å². The second-order valence-corrected chi connectivity index (χ2v) is 7.51. The van der Waals surface area contributed by atoms with Crippen LogP contribution in [-0.4, -0.2) is 27.5 Å². The molecule has 0 spiro atoms. The number of halogens is 1. The lowest BCUT2D eigenvalue weighted by atomic mass is 9.93. The van der Waals surface area contributed by atoms with Crippen molar-refractivity contribution < 1.29 is 0 Å². The maximum atomic E-state index is 9.91. The van der Waals surface area contributed by atoms with E-state index in [0.29, 0.717) is 34.8 Å². The maximum Gasteiger partial charge on any atom is 0.159 e. The third-order valence-electron chi connectivity index (χ3n) is 4.96. The minimum absolute atomic E-state index is 0.0560. The predicted octanol–water partition coefficient (Wildman–Crippen LogP) is 3.40. The summed E-state index contributed by atoms with van der Waals surface area (Å²) in [5.74, 6) is 1.41. The van der Waals surface area contributed by atoms with Gasteiger partial charge in [0.2, 0.25) is 0 Å². The second-order valence-electron chi connectivity index (χ2n) is 6.60. The standard InChI is InChI=1S/C21H16BrN7/c1-12(25-2)21-28-27-18-11-26-20(13-3-6-15(22)7-4-13)19-16(10-24)14(9-23)5-8-17(19)29(18)21/h3-8,12,25H,11H2,1-2H3. The molecule has 0 radical (unpaired) electrons. The molecule has 1 aromatic heterocycles. The van der Waals surface area contributed by atoms with E-state index in [1.165, 1.54) is 0 Å². The molecule has 2 heterocycles. The summed E-state index contributed by atoms with van der Waals surface area (Å²) < 4.78 is 2.89. The van der Waals surface area contributed by atoms with Crippen molar-refractivity contribution >= 4 is 21.6 Å². The van der Waals surface area contributed by atoms with Crippen molar-refractivity contribution in [3.63, 3.8) is 0 Å². The normalized spacial score (nSPS) is 13.3. The Hall–Kier alpha value is -3.33. The zero-order valence-corrected chi connectivity index (χ0v) is 17.4. The van der Waals surface area contributed by atoms with Crippen molar-refractivity contribution in [2.45, 2.75) is 19.5 Å². The van der Waals surface area contributed by atoms with E-state index >= 15 is 0 Å². The fourth-order valence-corrected chi connectivity index (χ4v) is 3.67. The third kappa shape index (κ3) is 3.13. The van der Waals surface area contributed by atoms with Crippen LogP contribution in [0.25, 0.3) is 5.69 Å². The lowest BCUT2D eigenvalue weighted by Crippen LogP contribution is -2.19. The number of nitrogens with one attached hydrogen (secondary N) is 1. The molecule has 1 unspecified atom stereocenters. The van der Waals surface area contributed by atoms with Crippen LogP contribution in [0.4, 0.5) is 0 Å². The van der Waals surface area contributed by atoms with Crippen LogP contribution in [0.2, 0.25) is 0 Å². The molecular weight excluding hydrogens is 430 g/mol. The van der Waals surface area contributed by atoms with Gasteiger partial charge in [0.1, 0.15) is 18.7 Å². The number of hydrogen-bond acceptors (Lipinski definition) is 6. The number of nitrogens with zero attached hydrogens (tertiary/aromatic N) is 6. The van der Waals surface area contributed by atoms with Gasteiger partial charge in [-0.3, -0.25) is 9.56 Å². The number of rotatable bonds is 3. The number of aliphatic imine (C=N–C) groups is 1. The van der Waals surface area contributed by atoms with Crippen molar-refractivity contribution in [2.75, 3.05) is 7.05 Å². The van der Waals surface area contributed by atoms with E-state index in [9.17, 15) is 10.5 Å². The van der Waals surface area contributed by atoms with Crippen LogP contribution in [0.15, 0.2) is 45.9 Å². The molecule has 3 aromatic rings. The number of benzene rings is 2. The number of aromatic nitrogens is 3. The predicted molar refractivity (Wildman–Crippen MR) is 112 cm³/mol. The van der Waals surface area contributed by atoms with Crippen LogP contribution in [0.5, 0.6) is 0 Å². The third-order valence-corrected chi connectivity index (χ3v) is 5.49. The average molecular weight is 446 g/mol. The first-order valence-electron chi connectivity index (χ1n) is 8.98. The molecular formula is C21H16BrN7. The Bertz CT molecular complexity index is 1210. The van der Waals surface area contributed by atoms with E-state index in [2.05, 4.69) is 43.6 Å². The Balaban J connectivity index is 2.07. The molecule has 1 atom stereocenters. The van der Waals surface area contributed by atoms with Crippen LogP contribution in [-0.2, 0) is 6.54 Å². The monoisotopic (exact) mass is 445 g/mol. The van der Waals surface area contributed by atoms with Gasteiger partial charge in [0, 0.05) is 15.6 Å². The molecule has 2 aromatic carbocycles. The van der Waals surface area contributed by atoms with Gasteiger partial charge in [0.05, 0.1) is 28.6 Å². The number of hydrogen-bond donors (Lipinski definition) is 1. The molecule has 1 aliphatic heterocycles. The van der Waals surface area contributed by atoms with Gasteiger partial charge in [-0.15, -0.1) is 10.2 Å². The summed E-state index contributed by atoms with van der Waals surface area (Å²) >= 11 is 3.45. The van der Waals surface area contributed by atoms with Crippen LogP contribution < -0.4 is 5.32 Å². The van der Waals surface area contributed by atoms with Gasteiger partial charge in [-0.1, -0.05) is 28.1 Å². The van der Waals surface area contributed by atoms with E-state index in [0.717, 1.165) is 21.5 Å². The largest absolute Gasteiger partial charge is 0.311 e. The number of fused-ring (bicyclic) bond motifs is 3. The van der Waals surface area contributed by atoms with Crippen LogP contribution in [0.1, 0.15) is 46.9 Å². The van der Waals surface area contributed by atoms with Gasteiger partial charge >= 0.3 is 0 Å². The summed E-state index contributed by atoms with van der Waals surface area (Å²) in [6.07, 6.45) is 0. The van der Waals surface area contributed by atoms with Gasteiger partial charge in [0.25, 0.3) is 0 Å². The highest BCUT2D eigenvalue weighted by Gasteiger charge is 2.28. The summed E-state index contributed by atoms with van der Waals surface area (Å²) in [6, 6.07) is 15.5. The Labute approximate surface area is 176 Å². The average Bonchev–Trinajstić information content (AvgIpc) is 3.10. The van der Waals surface area contributed by atoms with E-state index in [-0.39, 0.29) is 6.04 Å². The zero-order chi connectivity index (χ0) is 20.5. The maximum absolute atomic E-state index is 9.91. The molecule has 0 fully saturated rings. The topological polar surface area (TPSA) is 103 Å². The second kappa shape index (κ2) is 7.59. The lowest BCUT2D eigenvalue weighted by molar-refractivity contribution is 0.595. The molecule has 7 nitrogen and oxygen atoms in total. The first-order chi connectivity index (χ1) is 14.1. The molecule has 0 aliphatic carbocycles. The van der Waals surface area contributed by atoms with Crippen molar-refractivity contribution in [3.8, 4) is 17.8 Å². The van der Waals surface area contributed by atoms with Crippen molar-refractivity contribution in [3.05, 3.63) is 74.8 Å². The molecule has 29 heavy (non-hydrogen) atoms. The Kier molecular flexibility index (Phi) is 4.98. The summed E-state index contributed by atoms with van der Waals surface area (Å²) in [7, 11) is 1.85. The molecule has 142 valence electrons. The van der Waals surface area contributed by atoms with Crippen LogP contribution in [0, 0.1) is 22.7 Å². The first-order valence-corrected chi connectivity index (χ1v) is 9.78. The molecule has 0 saturated carbocycles. The summed E-state index contributed by atoms with van der Waals surface area (Å²) in [4.78, 5) is 4.79. The van der Waals surface area contributed by atoms with Gasteiger partial charge in [0.15, 0.2) is 11.6 Å². The van der Waals surface area contributed by atoms with Gasteiger partial charge in [-0.25, -0.2) is 0 Å². The highest BCUT2D eigenvalue weighted by molar-refractivity contribution is 9.10. The lowest BCUT2D eigenvalue weighted by Gasteiger charge is -2.17. The van der Waals surface area contributed by atoms with E-state index in [1.54, 1.807) is 6.07 Å². The minimum atomic E-state index is -0.0560. The summed E-state index contributed by atoms with van der Waals surface area (Å²) in [5, 5.41) is 31.3. The highest BCUT2D eigenvalue weighted by atomic mass is 79.9. The quantitative estimate of drug-likeness (QED) is 0.665. The molecule has 1 aliphatic rings. The molecule has 0 bridgehead atoms. The zero-order valence-electron chi connectivity index (χ0n) is 15.8. The molecule has 4 rings (SSSR count). The number of nitriles is 2. The van der Waals surface area contributed by atoms with E-state index in [1.807, 2.05) is 48.9 Å². The molecule has 0 saturated heterocycles. The van der Waals surface area contributed by atoms with Crippen molar-refractivity contribution in [1.82, 2.24) is 20.1 Å². The molecule has 1 N–H and O–H groups in total. The highest BCUT2D eigenvalue weighted by Crippen LogP contribution is 2.31. The summed E-state index contributed by atoms with van der Waals surface area (Å²) in [5.41, 5.74) is 3.51.